The standard InChI is InChI=1S/C18H22ClN/c1-4-20-17(12-15-10-5-6-11-16(15)19)18-13(2)8-7-9-14(18)3/h5-11,17,20H,4,12H2,1-3H3. The maximum absolute atomic E-state index is 6.31. The van der Waals surface area contributed by atoms with E-state index in [1.54, 1.807) is 0 Å². The van der Waals surface area contributed by atoms with Crippen molar-refractivity contribution in [3.8, 4) is 0 Å². The topological polar surface area (TPSA) is 12.0 Å². The Bertz CT molecular complexity index is 557. The van der Waals surface area contributed by atoms with Crippen LogP contribution in [0.1, 0.15) is 35.2 Å². The second kappa shape index (κ2) is 6.92. The molecule has 0 radical (unpaired) electrons. The van der Waals surface area contributed by atoms with Gasteiger partial charge in [0.25, 0.3) is 0 Å². The van der Waals surface area contributed by atoms with Crippen LogP contribution < -0.4 is 5.32 Å². The molecule has 2 heteroatoms. The summed E-state index contributed by atoms with van der Waals surface area (Å²) in [5.41, 5.74) is 5.27. The first-order valence-corrected chi connectivity index (χ1v) is 7.54. The van der Waals surface area contributed by atoms with Crippen molar-refractivity contribution in [3.05, 3.63) is 69.7 Å². The summed E-state index contributed by atoms with van der Waals surface area (Å²) >= 11 is 6.31. The van der Waals surface area contributed by atoms with Crippen LogP contribution in [-0.4, -0.2) is 6.54 Å². The Morgan fingerprint density at radius 1 is 1.00 bits per heavy atom. The molecule has 1 N–H and O–H groups in total. The molecule has 0 aliphatic heterocycles. The highest BCUT2D eigenvalue weighted by Gasteiger charge is 2.16. The van der Waals surface area contributed by atoms with Gasteiger partial charge >= 0.3 is 0 Å². The van der Waals surface area contributed by atoms with Gasteiger partial charge in [0.05, 0.1) is 0 Å². The summed E-state index contributed by atoms with van der Waals surface area (Å²) in [4.78, 5) is 0. The molecule has 2 aromatic carbocycles. The summed E-state index contributed by atoms with van der Waals surface area (Å²) in [6.07, 6.45) is 0.916. The van der Waals surface area contributed by atoms with Crippen LogP contribution in [-0.2, 0) is 6.42 Å². The highest BCUT2D eigenvalue weighted by atomic mass is 35.5. The zero-order valence-electron chi connectivity index (χ0n) is 12.4. The smallest absolute Gasteiger partial charge is 0.0438 e. The van der Waals surface area contributed by atoms with E-state index in [0.717, 1.165) is 18.0 Å². The molecule has 0 spiro atoms. The number of aryl methyl sites for hydroxylation is 2. The quantitative estimate of drug-likeness (QED) is 0.829. The van der Waals surface area contributed by atoms with Crippen molar-refractivity contribution in [1.29, 1.82) is 0 Å². The van der Waals surface area contributed by atoms with Gasteiger partial charge in [-0.3, -0.25) is 0 Å². The van der Waals surface area contributed by atoms with Crippen molar-refractivity contribution in [2.24, 2.45) is 0 Å². The van der Waals surface area contributed by atoms with Gasteiger partial charge in [0, 0.05) is 11.1 Å². The minimum Gasteiger partial charge on any atom is -0.310 e. The number of likely N-dealkylation sites (N-methyl/N-ethyl adjacent to an activating group) is 1. The van der Waals surface area contributed by atoms with Crippen LogP contribution in [0.25, 0.3) is 0 Å². The normalized spacial score (nSPS) is 12.4. The third-order valence-corrected chi connectivity index (χ3v) is 4.09. The van der Waals surface area contributed by atoms with E-state index in [-0.39, 0.29) is 0 Å². The van der Waals surface area contributed by atoms with Crippen LogP contribution in [0.4, 0.5) is 0 Å². The first kappa shape index (κ1) is 15.1. The largest absolute Gasteiger partial charge is 0.310 e. The summed E-state index contributed by atoms with van der Waals surface area (Å²) in [6.45, 7) is 7.45. The Balaban J connectivity index is 2.35. The van der Waals surface area contributed by atoms with Crippen molar-refractivity contribution in [3.63, 3.8) is 0 Å². The molecule has 2 rings (SSSR count). The van der Waals surface area contributed by atoms with Crippen LogP contribution in [0.15, 0.2) is 42.5 Å². The highest BCUT2D eigenvalue weighted by molar-refractivity contribution is 6.31. The predicted octanol–water partition coefficient (Wildman–Crippen LogP) is 4.85. The summed E-state index contributed by atoms with van der Waals surface area (Å²) in [6, 6.07) is 14.9. The molecule has 0 fully saturated rings. The lowest BCUT2D eigenvalue weighted by atomic mass is 9.91. The first-order chi connectivity index (χ1) is 9.63. The molecule has 0 saturated heterocycles. The van der Waals surface area contributed by atoms with E-state index in [9.17, 15) is 0 Å². The fraction of sp³-hybridized carbons (Fsp3) is 0.333. The van der Waals surface area contributed by atoms with E-state index < -0.39 is 0 Å². The minimum atomic E-state index is 0.307. The minimum absolute atomic E-state index is 0.307. The van der Waals surface area contributed by atoms with Crippen molar-refractivity contribution >= 4 is 11.6 Å². The van der Waals surface area contributed by atoms with Crippen LogP contribution in [0, 0.1) is 13.8 Å². The van der Waals surface area contributed by atoms with Crippen molar-refractivity contribution < 1.29 is 0 Å². The molecule has 0 amide bonds. The Hall–Kier alpha value is -1.31. The van der Waals surface area contributed by atoms with Crippen LogP contribution in [0.2, 0.25) is 5.02 Å². The summed E-state index contributed by atoms with van der Waals surface area (Å²) < 4.78 is 0. The van der Waals surface area contributed by atoms with Gasteiger partial charge in [0.2, 0.25) is 0 Å². The van der Waals surface area contributed by atoms with Gasteiger partial charge in [-0.2, -0.15) is 0 Å². The molecule has 0 saturated carbocycles. The Labute approximate surface area is 127 Å². The predicted molar refractivity (Wildman–Crippen MR) is 87.5 cm³/mol. The molecule has 106 valence electrons. The van der Waals surface area contributed by atoms with E-state index in [1.165, 1.54) is 22.3 Å². The molecule has 2 aromatic rings. The Morgan fingerprint density at radius 2 is 1.65 bits per heavy atom. The average Bonchev–Trinajstić information content (AvgIpc) is 2.41. The monoisotopic (exact) mass is 287 g/mol. The lowest BCUT2D eigenvalue weighted by Gasteiger charge is -2.23. The molecule has 0 aliphatic rings. The maximum atomic E-state index is 6.31. The van der Waals surface area contributed by atoms with Crippen LogP contribution in [0.5, 0.6) is 0 Å². The molecule has 0 aromatic heterocycles. The first-order valence-electron chi connectivity index (χ1n) is 7.16. The fourth-order valence-electron chi connectivity index (χ4n) is 2.78. The Morgan fingerprint density at radius 3 is 2.25 bits per heavy atom. The summed E-state index contributed by atoms with van der Waals surface area (Å²) in [5, 5.41) is 4.45. The lowest BCUT2D eigenvalue weighted by Crippen LogP contribution is -2.24. The summed E-state index contributed by atoms with van der Waals surface area (Å²) in [5.74, 6) is 0. The molecule has 20 heavy (non-hydrogen) atoms. The molecule has 1 nitrogen and oxygen atoms in total. The van der Waals surface area contributed by atoms with E-state index in [0.29, 0.717) is 6.04 Å². The zero-order chi connectivity index (χ0) is 14.5. The second-order valence-electron chi connectivity index (χ2n) is 5.21. The van der Waals surface area contributed by atoms with Gasteiger partial charge in [0.1, 0.15) is 0 Å². The van der Waals surface area contributed by atoms with E-state index in [4.69, 9.17) is 11.6 Å². The van der Waals surface area contributed by atoms with E-state index in [2.05, 4.69) is 56.4 Å². The molecule has 0 bridgehead atoms. The molecular formula is C18H22ClN. The van der Waals surface area contributed by atoms with Crippen molar-refractivity contribution in [2.45, 2.75) is 33.2 Å². The molecule has 1 unspecified atom stereocenters. The van der Waals surface area contributed by atoms with Gasteiger partial charge in [-0.15, -0.1) is 0 Å². The van der Waals surface area contributed by atoms with Gasteiger partial charge in [-0.25, -0.2) is 0 Å². The number of halogens is 1. The number of nitrogens with one attached hydrogen (secondary N) is 1. The number of benzene rings is 2. The number of hydrogen-bond donors (Lipinski definition) is 1. The third-order valence-electron chi connectivity index (χ3n) is 3.72. The fourth-order valence-corrected chi connectivity index (χ4v) is 3.00. The third kappa shape index (κ3) is 3.41. The molecule has 0 heterocycles. The molecule has 1 atom stereocenters. The van der Waals surface area contributed by atoms with Crippen molar-refractivity contribution in [1.82, 2.24) is 5.32 Å². The lowest BCUT2D eigenvalue weighted by molar-refractivity contribution is 0.545. The van der Waals surface area contributed by atoms with Gasteiger partial charge < -0.3 is 5.32 Å². The molecule has 0 aliphatic carbocycles. The average molecular weight is 288 g/mol. The highest BCUT2D eigenvalue weighted by Crippen LogP contribution is 2.27. The van der Waals surface area contributed by atoms with E-state index in [1.807, 2.05) is 12.1 Å². The van der Waals surface area contributed by atoms with Gasteiger partial charge in [-0.05, 0) is 55.1 Å². The molecular weight excluding hydrogens is 266 g/mol. The van der Waals surface area contributed by atoms with Gasteiger partial charge in [0.15, 0.2) is 0 Å². The van der Waals surface area contributed by atoms with Crippen LogP contribution >= 0.6 is 11.6 Å². The van der Waals surface area contributed by atoms with Crippen LogP contribution in [0.3, 0.4) is 0 Å². The van der Waals surface area contributed by atoms with E-state index >= 15 is 0 Å². The SMILES string of the molecule is CCNC(Cc1ccccc1Cl)c1c(C)cccc1C. The maximum Gasteiger partial charge on any atom is 0.0438 e. The number of hydrogen-bond acceptors (Lipinski definition) is 1. The van der Waals surface area contributed by atoms with Gasteiger partial charge in [-0.1, -0.05) is 54.9 Å². The zero-order valence-corrected chi connectivity index (χ0v) is 13.2. The summed E-state index contributed by atoms with van der Waals surface area (Å²) in [7, 11) is 0. The Kier molecular flexibility index (Phi) is 5.22. The second-order valence-corrected chi connectivity index (χ2v) is 5.62. The van der Waals surface area contributed by atoms with Crippen molar-refractivity contribution in [2.75, 3.05) is 6.54 Å². The number of rotatable bonds is 5.